The van der Waals surface area contributed by atoms with Crippen molar-refractivity contribution in [1.29, 1.82) is 0 Å². The molecule has 0 aliphatic carbocycles. The molecule has 1 heterocycles. The molecule has 1 unspecified atom stereocenters. The summed E-state index contributed by atoms with van der Waals surface area (Å²) >= 11 is 0. The van der Waals surface area contributed by atoms with E-state index in [1.165, 1.54) is 0 Å². The van der Waals surface area contributed by atoms with Crippen molar-refractivity contribution >= 4 is 48.0 Å². The fraction of sp³-hybridized carbons (Fsp3) is 0.467. The minimum atomic E-state index is -0.100. The van der Waals surface area contributed by atoms with Crippen LogP contribution in [0.15, 0.2) is 18.2 Å². The molecule has 0 aromatic heterocycles. The number of halogens is 2. The summed E-state index contributed by atoms with van der Waals surface area (Å²) in [6.45, 7) is 2.97. The predicted molar refractivity (Wildman–Crippen MR) is 98.1 cm³/mol. The summed E-state index contributed by atoms with van der Waals surface area (Å²) in [5.41, 5.74) is 7.75. The third-order valence-electron chi connectivity index (χ3n) is 3.93. The van der Waals surface area contributed by atoms with Crippen LogP contribution in [-0.2, 0) is 4.79 Å². The fourth-order valence-corrected chi connectivity index (χ4v) is 2.27. The highest BCUT2D eigenvalue weighted by molar-refractivity contribution is 6.00. The number of amides is 2. The van der Waals surface area contributed by atoms with E-state index in [1.807, 2.05) is 24.9 Å². The first-order chi connectivity index (χ1) is 9.93. The van der Waals surface area contributed by atoms with Gasteiger partial charge in [-0.3, -0.25) is 9.59 Å². The van der Waals surface area contributed by atoms with Gasteiger partial charge in [0.1, 0.15) is 0 Å². The second-order valence-electron chi connectivity index (χ2n) is 5.45. The number of hydrogen-bond donors (Lipinski definition) is 2. The molecule has 1 aromatic carbocycles. The fourth-order valence-electron chi connectivity index (χ4n) is 2.27. The molecule has 8 heteroatoms. The molecule has 1 aromatic rings. The summed E-state index contributed by atoms with van der Waals surface area (Å²) in [5, 5.41) is 2.85. The van der Waals surface area contributed by atoms with Gasteiger partial charge in [0.25, 0.3) is 5.91 Å². The van der Waals surface area contributed by atoms with E-state index in [9.17, 15) is 9.59 Å². The zero-order chi connectivity index (χ0) is 15.6. The van der Waals surface area contributed by atoms with Crippen molar-refractivity contribution < 1.29 is 9.59 Å². The Labute approximate surface area is 149 Å². The van der Waals surface area contributed by atoms with Crippen LogP contribution < -0.4 is 16.0 Å². The lowest BCUT2D eigenvalue weighted by atomic mass is 10.1. The van der Waals surface area contributed by atoms with Gasteiger partial charge in [-0.15, -0.1) is 24.8 Å². The van der Waals surface area contributed by atoms with Crippen molar-refractivity contribution in [2.45, 2.75) is 19.4 Å². The van der Waals surface area contributed by atoms with Crippen LogP contribution >= 0.6 is 24.8 Å². The van der Waals surface area contributed by atoms with Crippen LogP contribution in [0.25, 0.3) is 0 Å². The van der Waals surface area contributed by atoms with E-state index in [-0.39, 0.29) is 42.7 Å². The predicted octanol–water partition coefficient (Wildman–Crippen LogP) is 1.73. The number of hydrogen-bond acceptors (Lipinski definition) is 4. The first-order valence-corrected chi connectivity index (χ1v) is 7.06. The summed E-state index contributed by atoms with van der Waals surface area (Å²) < 4.78 is 0. The van der Waals surface area contributed by atoms with Crippen LogP contribution in [-0.4, -0.2) is 49.9 Å². The Kier molecular flexibility index (Phi) is 8.37. The minimum absolute atomic E-state index is 0. The molecule has 1 aliphatic heterocycles. The average molecular weight is 363 g/mol. The molecule has 0 bridgehead atoms. The zero-order valence-electron chi connectivity index (χ0n) is 13.5. The molecule has 1 aliphatic rings. The SMILES string of the molecule is CC(CN)N(C)C(=O)c1ccc2c(c1)NC(=O)CCN2C.Cl.Cl. The molecule has 2 rings (SSSR count). The van der Waals surface area contributed by atoms with E-state index in [4.69, 9.17) is 5.73 Å². The monoisotopic (exact) mass is 362 g/mol. The maximum atomic E-state index is 12.4. The van der Waals surface area contributed by atoms with Gasteiger partial charge in [0.2, 0.25) is 5.91 Å². The van der Waals surface area contributed by atoms with Crippen molar-refractivity contribution in [2.24, 2.45) is 5.73 Å². The van der Waals surface area contributed by atoms with Crippen molar-refractivity contribution in [2.75, 3.05) is 37.4 Å². The van der Waals surface area contributed by atoms with Gasteiger partial charge >= 0.3 is 0 Å². The largest absolute Gasteiger partial charge is 0.372 e. The van der Waals surface area contributed by atoms with E-state index >= 15 is 0 Å². The Morgan fingerprint density at radius 2 is 2.09 bits per heavy atom. The molecule has 130 valence electrons. The molecule has 2 amide bonds. The number of nitrogens with two attached hydrogens (primary N) is 1. The van der Waals surface area contributed by atoms with Crippen LogP contribution in [0.2, 0.25) is 0 Å². The Balaban J connectivity index is 0.00000242. The normalized spacial score (nSPS) is 14.4. The highest BCUT2D eigenvalue weighted by Gasteiger charge is 2.21. The number of fused-ring (bicyclic) bond motifs is 1. The van der Waals surface area contributed by atoms with E-state index in [0.717, 1.165) is 5.69 Å². The molecule has 6 nitrogen and oxygen atoms in total. The summed E-state index contributed by atoms with van der Waals surface area (Å²) in [4.78, 5) is 27.8. The standard InChI is InChI=1S/C15H22N4O2.2ClH/c1-10(9-16)19(3)15(21)11-4-5-13-12(8-11)17-14(20)6-7-18(13)2;;/h4-5,8,10H,6-7,9,16H2,1-3H3,(H,17,20);2*1H. The van der Waals surface area contributed by atoms with Gasteiger partial charge in [0.05, 0.1) is 11.4 Å². The molecule has 0 saturated carbocycles. The summed E-state index contributed by atoms with van der Waals surface area (Å²) in [7, 11) is 3.67. The lowest BCUT2D eigenvalue weighted by Crippen LogP contribution is -2.39. The smallest absolute Gasteiger partial charge is 0.253 e. The maximum Gasteiger partial charge on any atom is 0.253 e. The average Bonchev–Trinajstić information content (AvgIpc) is 2.63. The van der Waals surface area contributed by atoms with Crippen molar-refractivity contribution in [3.8, 4) is 0 Å². The van der Waals surface area contributed by atoms with Gasteiger partial charge < -0.3 is 20.9 Å². The summed E-state index contributed by atoms with van der Waals surface area (Å²) in [6, 6.07) is 5.36. The van der Waals surface area contributed by atoms with Crippen LogP contribution in [0.1, 0.15) is 23.7 Å². The Hall–Kier alpha value is -1.50. The minimum Gasteiger partial charge on any atom is -0.372 e. The third kappa shape index (κ3) is 4.73. The molecule has 3 N–H and O–H groups in total. The van der Waals surface area contributed by atoms with Crippen molar-refractivity contribution in [3.63, 3.8) is 0 Å². The van der Waals surface area contributed by atoms with Gasteiger partial charge in [-0.05, 0) is 25.1 Å². The second kappa shape index (κ2) is 8.96. The summed E-state index contributed by atoms with van der Waals surface area (Å²) in [6.07, 6.45) is 0.443. The van der Waals surface area contributed by atoms with Crippen LogP contribution in [0, 0.1) is 0 Å². The number of benzene rings is 1. The first-order valence-electron chi connectivity index (χ1n) is 7.06. The maximum absolute atomic E-state index is 12.4. The van der Waals surface area contributed by atoms with E-state index in [0.29, 0.717) is 30.8 Å². The van der Waals surface area contributed by atoms with Crippen LogP contribution in [0.4, 0.5) is 11.4 Å². The molecule has 0 saturated heterocycles. The molecular weight excluding hydrogens is 339 g/mol. The molecule has 0 fully saturated rings. The van der Waals surface area contributed by atoms with Gasteiger partial charge in [-0.1, -0.05) is 0 Å². The quantitative estimate of drug-likeness (QED) is 0.857. The highest BCUT2D eigenvalue weighted by atomic mass is 35.5. The molecule has 1 atom stereocenters. The molecular formula is C15H24Cl2N4O2. The number of nitrogens with one attached hydrogen (secondary N) is 1. The van der Waals surface area contributed by atoms with Crippen molar-refractivity contribution in [1.82, 2.24) is 4.90 Å². The number of carbonyl (C=O) groups is 2. The van der Waals surface area contributed by atoms with Gasteiger partial charge in [-0.2, -0.15) is 0 Å². The molecule has 0 radical (unpaired) electrons. The molecule has 23 heavy (non-hydrogen) atoms. The highest BCUT2D eigenvalue weighted by Crippen LogP contribution is 2.29. The Morgan fingerprint density at radius 1 is 1.43 bits per heavy atom. The number of anilines is 2. The van der Waals surface area contributed by atoms with Crippen LogP contribution in [0.5, 0.6) is 0 Å². The zero-order valence-corrected chi connectivity index (χ0v) is 15.2. The second-order valence-corrected chi connectivity index (χ2v) is 5.45. The Morgan fingerprint density at radius 3 is 2.70 bits per heavy atom. The lowest BCUT2D eigenvalue weighted by molar-refractivity contribution is -0.115. The van der Waals surface area contributed by atoms with E-state index in [2.05, 4.69) is 5.32 Å². The van der Waals surface area contributed by atoms with Gasteiger partial charge in [-0.25, -0.2) is 0 Å². The number of likely N-dealkylation sites (N-methyl/N-ethyl adjacent to an activating group) is 1. The van der Waals surface area contributed by atoms with Crippen LogP contribution in [0.3, 0.4) is 0 Å². The third-order valence-corrected chi connectivity index (χ3v) is 3.93. The number of carbonyl (C=O) groups excluding carboxylic acids is 2. The lowest BCUT2D eigenvalue weighted by Gasteiger charge is -2.24. The summed E-state index contributed by atoms with van der Waals surface area (Å²) in [5.74, 6) is -0.134. The van der Waals surface area contributed by atoms with Crippen molar-refractivity contribution in [3.05, 3.63) is 23.8 Å². The molecule has 0 spiro atoms. The van der Waals surface area contributed by atoms with Gasteiger partial charge in [0, 0.05) is 45.2 Å². The number of rotatable bonds is 3. The topological polar surface area (TPSA) is 78.7 Å². The van der Waals surface area contributed by atoms with Gasteiger partial charge in [0.15, 0.2) is 0 Å². The van der Waals surface area contributed by atoms with E-state index in [1.54, 1.807) is 24.1 Å². The Bertz CT molecular complexity index is 568. The van der Waals surface area contributed by atoms with E-state index < -0.39 is 0 Å². The number of nitrogens with zero attached hydrogens (tertiary/aromatic N) is 2. The first kappa shape index (κ1) is 21.5.